The summed E-state index contributed by atoms with van der Waals surface area (Å²) >= 11 is 0. The lowest BCUT2D eigenvalue weighted by atomic mass is 10.1. The molecule has 1 rings (SSSR count). The molecule has 0 aliphatic carbocycles. The number of benzene rings is 1. The lowest BCUT2D eigenvalue weighted by molar-refractivity contribution is -0.385. The maximum atomic E-state index is 10.8. The van der Waals surface area contributed by atoms with Crippen molar-refractivity contribution in [3.63, 3.8) is 0 Å². The Morgan fingerprint density at radius 3 is 2.89 bits per heavy atom. The molecule has 0 unspecified atom stereocenters. The SMILES string of the molecule is C#CCCOc1cc(C=CC(=O)O)ccc1[N+](=O)[O-]. The van der Waals surface area contributed by atoms with Gasteiger partial charge in [-0.25, -0.2) is 4.79 Å². The normalized spacial score (nSPS) is 10.1. The van der Waals surface area contributed by atoms with Crippen LogP contribution in [-0.4, -0.2) is 22.6 Å². The van der Waals surface area contributed by atoms with Crippen LogP contribution >= 0.6 is 0 Å². The van der Waals surface area contributed by atoms with E-state index in [1.807, 2.05) is 0 Å². The molecule has 0 atom stereocenters. The minimum Gasteiger partial charge on any atom is -0.486 e. The molecule has 0 aliphatic heterocycles. The van der Waals surface area contributed by atoms with Crippen molar-refractivity contribution in [1.82, 2.24) is 0 Å². The highest BCUT2D eigenvalue weighted by Gasteiger charge is 2.14. The highest BCUT2D eigenvalue weighted by molar-refractivity contribution is 5.85. The van der Waals surface area contributed by atoms with Gasteiger partial charge in [-0.05, 0) is 23.8 Å². The molecule has 0 fully saturated rings. The Balaban J connectivity index is 3.00. The lowest BCUT2D eigenvalue weighted by Crippen LogP contribution is -2.00. The number of aliphatic carboxylic acids is 1. The van der Waals surface area contributed by atoms with Crippen LogP contribution in [0.4, 0.5) is 5.69 Å². The third-order valence-corrected chi connectivity index (χ3v) is 2.10. The minimum atomic E-state index is -1.10. The molecule has 0 saturated carbocycles. The molecule has 0 spiro atoms. The topological polar surface area (TPSA) is 89.7 Å². The third kappa shape index (κ3) is 4.52. The molecular weight excluding hydrogens is 250 g/mol. The van der Waals surface area contributed by atoms with Crippen molar-refractivity contribution in [3.05, 3.63) is 40.0 Å². The summed E-state index contributed by atoms with van der Waals surface area (Å²) in [6.45, 7) is 0.156. The van der Waals surface area contributed by atoms with Crippen molar-refractivity contribution in [1.29, 1.82) is 0 Å². The zero-order chi connectivity index (χ0) is 14.3. The van der Waals surface area contributed by atoms with Gasteiger partial charge in [0.2, 0.25) is 0 Å². The van der Waals surface area contributed by atoms with Crippen LogP contribution in [-0.2, 0) is 4.79 Å². The van der Waals surface area contributed by atoms with E-state index in [1.54, 1.807) is 0 Å². The molecule has 0 aliphatic rings. The fourth-order valence-corrected chi connectivity index (χ4v) is 1.29. The highest BCUT2D eigenvalue weighted by atomic mass is 16.6. The summed E-state index contributed by atoms with van der Waals surface area (Å²) < 4.78 is 5.22. The molecule has 98 valence electrons. The van der Waals surface area contributed by atoms with Crippen LogP contribution in [0.25, 0.3) is 6.08 Å². The predicted molar refractivity (Wildman–Crippen MR) is 68.7 cm³/mol. The van der Waals surface area contributed by atoms with Gasteiger partial charge in [0.1, 0.15) is 0 Å². The Labute approximate surface area is 109 Å². The first-order valence-electron chi connectivity index (χ1n) is 5.30. The standard InChI is InChI=1S/C13H11NO5/c1-2-3-8-19-12-9-10(5-7-13(15)16)4-6-11(12)14(17)18/h1,4-7,9H,3,8H2,(H,15,16). The third-order valence-electron chi connectivity index (χ3n) is 2.10. The first kappa shape index (κ1) is 14.3. The first-order chi connectivity index (χ1) is 9.04. The highest BCUT2D eigenvalue weighted by Crippen LogP contribution is 2.28. The van der Waals surface area contributed by atoms with E-state index in [1.165, 1.54) is 24.3 Å². The Morgan fingerprint density at radius 2 is 2.32 bits per heavy atom. The Bertz CT molecular complexity index is 557. The zero-order valence-corrected chi connectivity index (χ0v) is 9.91. The second kappa shape index (κ2) is 6.81. The van der Waals surface area contributed by atoms with E-state index in [0.717, 1.165) is 6.08 Å². The zero-order valence-electron chi connectivity index (χ0n) is 9.91. The van der Waals surface area contributed by atoms with Crippen LogP contribution in [0.5, 0.6) is 5.75 Å². The van der Waals surface area contributed by atoms with Crippen LogP contribution in [0.2, 0.25) is 0 Å². The summed E-state index contributed by atoms with van der Waals surface area (Å²) in [7, 11) is 0. The number of carboxylic acid groups (broad SMARTS) is 1. The number of hydrogen-bond acceptors (Lipinski definition) is 4. The molecule has 6 nitrogen and oxygen atoms in total. The molecule has 0 amide bonds. The maximum absolute atomic E-state index is 10.8. The van der Waals surface area contributed by atoms with Gasteiger partial charge in [0, 0.05) is 18.6 Å². The van der Waals surface area contributed by atoms with Gasteiger partial charge >= 0.3 is 11.7 Å². The fraction of sp³-hybridized carbons (Fsp3) is 0.154. The number of nitro benzene ring substituents is 1. The molecular formula is C13H11NO5. The van der Waals surface area contributed by atoms with Crippen molar-refractivity contribution in [2.75, 3.05) is 6.61 Å². The predicted octanol–water partition coefficient (Wildman–Crippen LogP) is 2.09. The quantitative estimate of drug-likeness (QED) is 0.278. The molecule has 19 heavy (non-hydrogen) atoms. The Morgan fingerprint density at radius 1 is 1.58 bits per heavy atom. The second-order valence-electron chi connectivity index (χ2n) is 3.46. The fourth-order valence-electron chi connectivity index (χ4n) is 1.29. The summed E-state index contributed by atoms with van der Waals surface area (Å²) in [6.07, 6.45) is 7.64. The Kier molecular flexibility index (Phi) is 5.11. The lowest BCUT2D eigenvalue weighted by Gasteiger charge is -2.05. The number of terminal acetylenes is 1. The molecule has 6 heteroatoms. The van der Waals surface area contributed by atoms with E-state index in [-0.39, 0.29) is 18.0 Å². The minimum absolute atomic E-state index is 0.0628. The van der Waals surface area contributed by atoms with Gasteiger partial charge < -0.3 is 9.84 Å². The van der Waals surface area contributed by atoms with Gasteiger partial charge in [0.25, 0.3) is 0 Å². The molecule has 0 bridgehead atoms. The van der Waals surface area contributed by atoms with Crippen LogP contribution < -0.4 is 4.74 Å². The number of carboxylic acids is 1. The van der Waals surface area contributed by atoms with Crippen LogP contribution in [0, 0.1) is 22.5 Å². The number of rotatable bonds is 6. The molecule has 0 saturated heterocycles. The van der Waals surface area contributed by atoms with E-state index in [2.05, 4.69) is 5.92 Å². The van der Waals surface area contributed by atoms with Crippen molar-refractivity contribution in [2.45, 2.75) is 6.42 Å². The Hall–Kier alpha value is -2.81. The second-order valence-corrected chi connectivity index (χ2v) is 3.46. The number of hydrogen-bond donors (Lipinski definition) is 1. The van der Waals surface area contributed by atoms with Gasteiger partial charge in [-0.2, -0.15) is 0 Å². The van der Waals surface area contributed by atoms with Gasteiger partial charge in [0.15, 0.2) is 5.75 Å². The van der Waals surface area contributed by atoms with Crippen LogP contribution in [0.3, 0.4) is 0 Å². The molecule has 1 aromatic rings. The van der Waals surface area contributed by atoms with Gasteiger partial charge in [-0.15, -0.1) is 12.3 Å². The van der Waals surface area contributed by atoms with Gasteiger partial charge in [-0.1, -0.05) is 0 Å². The molecule has 1 aromatic carbocycles. The average molecular weight is 261 g/mol. The summed E-state index contributed by atoms with van der Waals surface area (Å²) in [6, 6.07) is 4.09. The van der Waals surface area contributed by atoms with E-state index in [9.17, 15) is 14.9 Å². The monoisotopic (exact) mass is 261 g/mol. The number of nitrogens with zero attached hydrogens (tertiary/aromatic N) is 1. The van der Waals surface area contributed by atoms with Crippen LogP contribution in [0.1, 0.15) is 12.0 Å². The summed E-state index contributed by atoms with van der Waals surface area (Å²) in [5.74, 6) is 1.31. The summed E-state index contributed by atoms with van der Waals surface area (Å²) in [4.78, 5) is 20.6. The maximum Gasteiger partial charge on any atom is 0.328 e. The van der Waals surface area contributed by atoms with Crippen molar-refractivity contribution in [2.24, 2.45) is 0 Å². The largest absolute Gasteiger partial charge is 0.486 e. The van der Waals surface area contributed by atoms with Gasteiger partial charge in [0.05, 0.1) is 11.5 Å². The van der Waals surface area contributed by atoms with E-state index in [0.29, 0.717) is 12.0 Å². The summed E-state index contributed by atoms with van der Waals surface area (Å²) in [5.41, 5.74) is 0.299. The number of ether oxygens (including phenoxy) is 1. The van der Waals surface area contributed by atoms with Crippen molar-refractivity contribution in [3.8, 4) is 18.1 Å². The molecule has 0 aromatic heterocycles. The van der Waals surface area contributed by atoms with Crippen molar-refractivity contribution < 1.29 is 19.6 Å². The van der Waals surface area contributed by atoms with E-state index < -0.39 is 10.9 Å². The molecule has 0 heterocycles. The van der Waals surface area contributed by atoms with Crippen LogP contribution in [0.15, 0.2) is 24.3 Å². The van der Waals surface area contributed by atoms with E-state index >= 15 is 0 Å². The number of carbonyl (C=O) groups is 1. The molecule has 0 radical (unpaired) electrons. The summed E-state index contributed by atoms with van der Waals surface area (Å²) in [5, 5.41) is 19.3. The first-order valence-corrected chi connectivity index (χ1v) is 5.30. The number of nitro groups is 1. The average Bonchev–Trinajstić information content (AvgIpc) is 2.36. The van der Waals surface area contributed by atoms with Crippen molar-refractivity contribution >= 4 is 17.7 Å². The smallest absolute Gasteiger partial charge is 0.328 e. The van der Waals surface area contributed by atoms with Gasteiger partial charge in [-0.3, -0.25) is 10.1 Å². The van der Waals surface area contributed by atoms with E-state index in [4.69, 9.17) is 16.3 Å². The molecule has 1 N–H and O–H groups in total.